The molecular formula is C12H18IN. The molecule has 1 N–H and O–H groups in total. The largest absolute Gasteiger partial charge is 0.319 e. The molecule has 0 spiro atoms. The highest BCUT2D eigenvalue weighted by Gasteiger charge is 2.05. The zero-order valence-electron chi connectivity index (χ0n) is 8.89. The molecule has 0 aliphatic carbocycles. The molecule has 1 aromatic carbocycles. The van der Waals surface area contributed by atoms with Crippen LogP contribution in [0.5, 0.6) is 0 Å². The van der Waals surface area contributed by atoms with Gasteiger partial charge in [-0.25, -0.2) is 0 Å². The monoisotopic (exact) mass is 303 g/mol. The van der Waals surface area contributed by atoms with Crippen molar-refractivity contribution in [2.45, 2.75) is 19.8 Å². The van der Waals surface area contributed by atoms with Crippen molar-refractivity contribution in [1.29, 1.82) is 0 Å². The number of rotatable bonds is 5. The van der Waals surface area contributed by atoms with Gasteiger partial charge < -0.3 is 5.32 Å². The Balaban J connectivity index is 2.53. The van der Waals surface area contributed by atoms with Crippen molar-refractivity contribution in [3.63, 3.8) is 0 Å². The Hall–Kier alpha value is -0.0900. The smallest absolute Gasteiger partial charge is 0.0130 e. The van der Waals surface area contributed by atoms with E-state index >= 15 is 0 Å². The van der Waals surface area contributed by atoms with Crippen LogP contribution >= 0.6 is 22.6 Å². The summed E-state index contributed by atoms with van der Waals surface area (Å²) in [6.07, 6.45) is 2.43. The lowest BCUT2D eigenvalue weighted by molar-refractivity contribution is 0.481. The summed E-state index contributed by atoms with van der Waals surface area (Å²) < 4.78 is 1.31. The van der Waals surface area contributed by atoms with Crippen molar-refractivity contribution in [1.82, 2.24) is 5.32 Å². The van der Waals surface area contributed by atoms with E-state index in [1.54, 1.807) is 0 Å². The van der Waals surface area contributed by atoms with E-state index in [1.165, 1.54) is 22.0 Å². The van der Waals surface area contributed by atoms with E-state index in [4.69, 9.17) is 0 Å². The van der Waals surface area contributed by atoms with Crippen LogP contribution in [0.25, 0.3) is 0 Å². The Morgan fingerprint density at radius 2 is 1.93 bits per heavy atom. The summed E-state index contributed by atoms with van der Waals surface area (Å²) >= 11 is 2.34. The number of halogens is 1. The van der Waals surface area contributed by atoms with E-state index in [1.807, 2.05) is 7.05 Å². The summed E-state index contributed by atoms with van der Waals surface area (Å²) in [7, 11) is 2.02. The van der Waals surface area contributed by atoms with Gasteiger partial charge in [0.05, 0.1) is 0 Å². The molecule has 0 bridgehead atoms. The molecule has 2 heteroatoms. The molecule has 0 amide bonds. The number of benzene rings is 1. The van der Waals surface area contributed by atoms with Crippen LogP contribution in [0.1, 0.15) is 18.9 Å². The molecule has 14 heavy (non-hydrogen) atoms. The maximum atomic E-state index is 3.25. The summed E-state index contributed by atoms with van der Waals surface area (Å²) in [5, 5.41) is 3.25. The van der Waals surface area contributed by atoms with Crippen molar-refractivity contribution < 1.29 is 0 Å². The van der Waals surface area contributed by atoms with Crippen molar-refractivity contribution in [2.75, 3.05) is 13.6 Å². The summed E-state index contributed by atoms with van der Waals surface area (Å²) in [4.78, 5) is 0. The first-order chi connectivity index (χ1) is 6.76. The zero-order valence-corrected chi connectivity index (χ0v) is 11.0. The maximum absolute atomic E-state index is 3.25. The van der Waals surface area contributed by atoms with E-state index < -0.39 is 0 Å². The molecular weight excluding hydrogens is 285 g/mol. The van der Waals surface area contributed by atoms with Crippen LogP contribution in [0.4, 0.5) is 0 Å². The van der Waals surface area contributed by atoms with Gasteiger partial charge in [-0.3, -0.25) is 0 Å². The third kappa shape index (κ3) is 3.96. The molecule has 0 fully saturated rings. The highest BCUT2D eigenvalue weighted by molar-refractivity contribution is 14.1. The molecule has 0 saturated heterocycles. The number of nitrogens with one attached hydrogen (secondary N) is 1. The third-order valence-corrected chi connectivity index (χ3v) is 3.23. The van der Waals surface area contributed by atoms with Crippen LogP contribution in [0, 0.1) is 9.49 Å². The van der Waals surface area contributed by atoms with Crippen molar-refractivity contribution in [3.05, 3.63) is 33.4 Å². The molecule has 1 unspecified atom stereocenters. The molecule has 0 aromatic heterocycles. The standard InChI is InChI=1S/C12H18IN/c1-3-10(9-14-2)8-11-4-6-12(13)7-5-11/h4-7,10,14H,3,8-9H2,1-2H3. The topological polar surface area (TPSA) is 12.0 Å². The molecule has 78 valence electrons. The average Bonchev–Trinajstić information content (AvgIpc) is 2.20. The molecule has 1 aromatic rings. The maximum Gasteiger partial charge on any atom is 0.0130 e. The second kappa shape index (κ2) is 6.40. The van der Waals surface area contributed by atoms with Crippen molar-refractivity contribution >= 4 is 22.6 Å². The van der Waals surface area contributed by atoms with Crippen molar-refractivity contribution in [2.24, 2.45) is 5.92 Å². The Labute approximate surface area is 100 Å². The normalized spacial score (nSPS) is 12.8. The number of hydrogen-bond acceptors (Lipinski definition) is 1. The quantitative estimate of drug-likeness (QED) is 0.824. The Morgan fingerprint density at radius 3 is 2.43 bits per heavy atom. The van der Waals surface area contributed by atoms with E-state index in [-0.39, 0.29) is 0 Å². The van der Waals surface area contributed by atoms with Gasteiger partial charge in [0.1, 0.15) is 0 Å². The first kappa shape index (κ1) is 12.0. The predicted molar refractivity (Wildman–Crippen MR) is 70.6 cm³/mol. The first-order valence-corrected chi connectivity index (χ1v) is 6.23. The predicted octanol–water partition coefficient (Wildman–Crippen LogP) is 3.08. The summed E-state index contributed by atoms with van der Waals surface area (Å²) in [6, 6.07) is 8.84. The average molecular weight is 303 g/mol. The lowest BCUT2D eigenvalue weighted by atomic mass is 9.97. The fourth-order valence-electron chi connectivity index (χ4n) is 1.60. The molecule has 1 atom stereocenters. The minimum absolute atomic E-state index is 0.764. The Kier molecular flexibility index (Phi) is 5.48. The Bertz CT molecular complexity index is 256. The van der Waals surface area contributed by atoms with Crippen LogP contribution in [0.3, 0.4) is 0 Å². The van der Waals surface area contributed by atoms with Crippen molar-refractivity contribution in [3.8, 4) is 0 Å². The molecule has 0 aliphatic heterocycles. The first-order valence-electron chi connectivity index (χ1n) is 5.15. The van der Waals surface area contributed by atoms with Gasteiger partial charge in [-0.1, -0.05) is 25.5 Å². The zero-order chi connectivity index (χ0) is 10.4. The van der Waals surface area contributed by atoms with Crippen LogP contribution in [-0.2, 0) is 6.42 Å². The minimum Gasteiger partial charge on any atom is -0.319 e. The van der Waals surface area contributed by atoms with Gasteiger partial charge in [-0.15, -0.1) is 0 Å². The van der Waals surface area contributed by atoms with Gasteiger partial charge in [0.25, 0.3) is 0 Å². The van der Waals surface area contributed by atoms with Gasteiger partial charge >= 0.3 is 0 Å². The third-order valence-electron chi connectivity index (χ3n) is 2.51. The van der Waals surface area contributed by atoms with Crippen LogP contribution in [0.2, 0.25) is 0 Å². The molecule has 1 nitrogen and oxygen atoms in total. The van der Waals surface area contributed by atoms with Gasteiger partial charge in [0, 0.05) is 3.57 Å². The minimum atomic E-state index is 0.764. The van der Waals surface area contributed by atoms with E-state index in [2.05, 4.69) is 59.1 Å². The highest BCUT2D eigenvalue weighted by Crippen LogP contribution is 2.13. The second-order valence-electron chi connectivity index (χ2n) is 3.66. The Morgan fingerprint density at radius 1 is 1.29 bits per heavy atom. The van der Waals surface area contributed by atoms with E-state index in [0.717, 1.165) is 12.5 Å². The lowest BCUT2D eigenvalue weighted by Gasteiger charge is -2.14. The van der Waals surface area contributed by atoms with Crippen LogP contribution < -0.4 is 5.32 Å². The van der Waals surface area contributed by atoms with Crippen LogP contribution in [-0.4, -0.2) is 13.6 Å². The van der Waals surface area contributed by atoms with Gasteiger partial charge in [-0.2, -0.15) is 0 Å². The van der Waals surface area contributed by atoms with Gasteiger partial charge in [-0.05, 0) is 66.2 Å². The molecule has 0 heterocycles. The summed E-state index contributed by atoms with van der Waals surface area (Å²) in [5.74, 6) is 0.764. The second-order valence-corrected chi connectivity index (χ2v) is 4.91. The lowest BCUT2D eigenvalue weighted by Crippen LogP contribution is -2.20. The van der Waals surface area contributed by atoms with E-state index in [9.17, 15) is 0 Å². The SMILES string of the molecule is CCC(CNC)Cc1ccc(I)cc1. The molecule has 0 radical (unpaired) electrons. The number of hydrogen-bond donors (Lipinski definition) is 1. The molecule has 0 aliphatic rings. The van der Waals surface area contributed by atoms with Gasteiger partial charge in [0.15, 0.2) is 0 Å². The summed E-state index contributed by atoms with van der Waals surface area (Å²) in [5.41, 5.74) is 1.45. The fraction of sp³-hybridized carbons (Fsp3) is 0.500. The van der Waals surface area contributed by atoms with Gasteiger partial charge in [0.2, 0.25) is 0 Å². The van der Waals surface area contributed by atoms with E-state index in [0.29, 0.717) is 0 Å². The van der Waals surface area contributed by atoms with Crippen LogP contribution in [0.15, 0.2) is 24.3 Å². The fourth-order valence-corrected chi connectivity index (χ4v) is 1.96. The molecule has 0 saturated carbocycles. The highest BCUT2D eigenvalue weighted by atomic mass is 127. The molecule has 1 rings (SSSR count). The summed E-state index contributed by atoms with van der Waals surface area (Å²) in [6.45, 7) is 3.37.